The Morgan fingerprint density at radius 2 is 1.77 bits per heavy atom. The van der Waals surface area contributed by atoms with E-state index in [1.54, 1.807) is 38.1 Å². The topological polar surface area (TPSA) is 89.9 Å². The average molecular weight is 426 g/mol. The minimum atomic E-state index is -1.01. The third-order valence-electron chi connectivity index (χ3n) is 4.29. The van der Waals surface area contributed by atoms with Crippen molar-refractivity contribution < 1.29 is 9.50 Å². The summed E-state index contributed by atoms with van der Waals surface area (Å²) in [7, 11) is 0. The number of aromatic nitrogens is 4. The molecule has 3 N–H and O–H groups in total. The molecule has 154 valence electrons. The van der Waals surface area contributed by atoms with Gasteiger partial charge in [-0.3, -0.25) is 4.57 Å². The quantitative estimate of drug-likeness (QED) is 0.505. The van der Waals surface area contributed by atoms with Crippen LogP contribution in [0.25, 0.3) is 34.3 Å². The van der Waals surface area contributed by atoms with Crippen LogP contribution in [0.2, 0.25) is 0 Å². The van der Waals surface area contributed by atoms with Gasteiger partial charge in [-0.1, -0.05) is 30.3 Å². The van der Waals surface area contributed by atoms with Crippen LogP contribution in [0.4, 0.5) is 10.2 Å². The van der Waals surface area contributed by atoms with Crippen molar-refractivity contribution in [2.45, 2.75) is 19.4 Å². The fraction of sp³-hybridized carbons (Fsp3) is 0.136. The van der Waals surface area contributed by atoms with Crippen molar-refractivity contribution in [2.75, 3.05) is 5.73 Å². The third-order valence-corrected chi connectivity index (χ3v) is 4.29. The van der Waals surface area contributed by atoms with Gasteiger partial charge in [0.25, 0.3) is 0 Å². The molecular formula is C22H21ClFN5O. The number of benzene rings is 2. The molecular weight excluding hydrogens is 405 g/mol. The summed E-state index contributed by atoms with van der Waals surface area (Å²) >= 11 is 0. The van der Waals surface area contributed by atoms with Crippen molar-refractivity contribution in [3.05, 3.63) is 72.3 Å². The van der Waals surface area contributed by atoms with Crippen molar-refractivity contribution >= 4 is 35.5 Å². The van der Waals surface area contributed by atoms with E-state index >= 15 is 0 Å². The average Bonchev–Trinajstić information content (AvgIpc) is 3.07. The maximum absolute atomic E-state index is 13.9. The molecule has 0 spiro atoms. The Morgan fingerprint density at radius 1 is 1.03 bits per heavy atom. The van der Waals surface area contributed by atoms with Gasteiger partial charge in [-0.15, -0.1) is 12.4 Å². The molecule has 6 nitrogen and oxygen atoms in total. The molecule has 4 aromatic rings. The maximum Gasteiger partial charge on any atom is 0.171 e. The van der Waals surface area contributed by atoms with Gasteiger partial charge >= 0.3 is 0 Å². The van der Waals surface area contributed by atoms with E-state index < -0.39 is 5.60 Å². The number of imidazole rings is 1. The highest BCUT2D eigenvalue weighted by Crippen LogP contribution is 2.30. The molecule has 0 aliphatic heterocycles. The number of fused-ring (bicyclic) bond motifs is 1. The summed E-state index contributed by atoms with van der Waals surface area (Å²) in [5, 5.41) is 9.95. The summed E-state index contributed by atoms with van der Waals surface area (Å²) in [6, 6.07) is 15.7. The summed E-state index contributed by atoms with van der Waals surface area (Å²) in [4.78, 5) is 13.5. The van der Waals surface area contributed by atoms with Gasteiger partial charge in [0, 0.05) is 11.3 Å². The SMILES string of the molecule is CC(C)(O)/C=C/c1nc(N)c2nc(-c3cccc(F)c3)n(-c3ccccc3)c2n1.Cl. The lowest BCUT2D eigenvalue weighted by molar-refractivity contribution is 0.134. The first-order chi connectivity index (χ1) is 13.8. The number of rotatable bonds is 4. The lowest BCUT2D eigenvalue weighted by Gasteiger charge is -2.10. The van der Waals surface area contributed by atoms with E-state index in [1.807, 2.05) is 34.9 Å². The van der Waals surface area contributed by atoms with E-state index in [0.29, 0.717) is 28.4 Å². The summed E-state index contributed by atoms with van der Waals surface area (Å²) in [6.07, 6.45) is 3.20. The van der Waals surface area contributed by atoms with Gasteiger partial charge in [-0.05, 0) is 50.3 Å². The fourth-order valence-electron chi connectivity index (χ4n) is 2.99. The molecule has 0 unspecified atom stereocenters. The summed E-state index contributed by atoms with van der Waals surface area (Å²) < 4.78 is 15.7. The first-order valence-electron chi connectivity index (χ1n) is 9.11. The molecule has 30 heavy (non-hydrogen) atoms. The second-order valence-corrected chi connectivity index (χ2v) is 7.24. The summed E-state index contributed by atoms with van der Waals surface area (Å²) in [5.74, 6) is 0.704. The number of nitrogen functional groups attached to an aromatic ring is 1. The van der Waals surface area contributed by atoms with E-state index in [9.17, 15) is 9.50 Å². The minimum Gasteiger partial charge on any atom is -0.386 e. The Labute approximate surface area is 179 Å². The van der Waals surface area contributed by atoms with Crippen LogP contribution < -0.4 is 5.73 Å². The molecule has 0 bridgehead atoms. The first kappa shape index (κ1) is 21.4. The van der Waals surface area contributed by atoms with Crippen molar-refractivity contribution in [1.29, 1.82) is 0 Å². The molecule has 0 amide bonds. The number of hydrogen-bond donors (Lipinski definition) is 2. The van der Waals surface area contributed by atoms with E-state index in [-0.39, 0.29) is 24.0 Å². The zero-order valence-electron chi connectivity index (χ0n) is 16.5. The third kappa shape index (κ3) is 4.32. The molecule has 2 aromatic heterocycles. The van der Waals surface area contributed by atoms with Gasteiger partial charge < -0.3 is 10.8 Å². The molecule has 0 radical (unpaired) electrons. The Morgan fingerprint density at radius 3 is 2.43 bits per heavy atom. The van der Waals surface area contributed by atoms with Crippen LogP contribution in [-0.2, 0) is 0 Å². The van der Waals surface area contributed by atoms with Crippen LogP contribution in [-0.4, -0.2) is 30.2 Å². The molecule has 0 saturated heterocycles. The molecule has 0 aliphatic carbocycles. The number of hydrogen-bond acceptors (Lipinski definition) is 5. The van der Waals surface area contributed by atoms with Crippen molar-refractivity contribution in [3.63, 3.8) is 0 Å². The molecule has 0 saturated carbocycles. The van der Waals surface area contributed by atoms with Gasteiger partial charge in [0.2, 0.25) is 0 Å². The first-order valence-corrected chi connectivity index (χ1v) is 9.11. The summed E-state index contributed by atoms with van der Waals surface area (Å²) in [5.41, 5.74) is 7.48. The minimum absolute atomic E-state index is 0. The van der Waals surface area contributed by atoms with Crippen LogP contribution in [0.5, 0.6) is 0 Å². The van der Waals surface area contributed by atoms with E-state index in [1.165, 1.54) is 12.1 Å². The van der Waals surface area contributed by atoms with Crippen LogP contribution in [0, 0.1) is 5.82 Å². The van der Waals surface area contributed by atoms with Gasteiger partial charge in [0.15, 0.2) is 22.8 Å². The van der Waals surface area contributed by atoms with Crippen LogP contribution in [0.3, 0.4) is 0 Å². The molecule has 4 rings (SSSR count). The molecule has 0 fully saturated rings. The number of para-hydroxylation sites is 1. The van der Waals surface area contributed by atoms with Gasteiger partial charge in [-0.25, -0.2) is 19.3 Å². The molecule has 2 heterocycles. The number of nitrogens with two attached hydrogens (primary N) is 1. The lowest BCUT2D eigenvalue weighted by Crippen LogP contribution is -2.13. The van der Waals surface area contributed by atoms with Crippen LogP contribution >= 0.6 is 12.4 Å². The van der Waals surface area contributed by atoms with Crippen molar-refractivity contribution in [2.24, 2.45) is 0 Å². The van der Waals surface area contributed by atoms with Gasteiger partial charge in [-0.2, -0.15) is 0 Å². The highest BCUT2D eigenvalue weighted by Gasteiger charge is 2.19. The molecule has 2 aromatic carbocycles. The number of aliphatic hydroxyl groups is 1. The lowest BCUT2D eigenvalue weighted by atomic mass is 10.1. The highest BCUT2D eigenvalue weighted by molar-refractivity contribution is 5.88. The maximum atomic E-state index is 13.9. The fourth-order valence-corrected chi connectivity index (χ4v) is 2.99. The predicted molar refractivity (Wildman–Crippen MR) is 119 cm³/mol. The zero-order chi connectivity index (χ0) is 20.6. The molecule has 0 atom stereocenters. The standard InChI is InChI=1S/C22H20FN5O.ClH/c1-22(2,29)12-11-17-25-19(24)18-21(26-17)28(16-9-4-3-5-10-16)20(27-18)14-7-6-8-15(23)13-14;/h3-13,29H,1-2H3,(H2,24,25,26);1H/b12-11+;. The summed E-state index contributed by atoms with van der Waals surface area (Å²) in [6.45, 7) is 3.31. The Kier molecular flexibility index (Phi) is 5.87. The Balaban J connectivity index is 0.00000256. The predicted octanol–water partition coefficient (Wildman–Crippen LogP) is 4.41. The largest absolute Gasteiger partial charge is 0.386 e. The van der Waals surface area contributed by atoms with Gasteiger partial charge in [0.1, 0.15) is 11.6 Å². The van der Waals surface area contributed by atoms with Gasteiger partial charge in [0.05, 0.1) is 5.60 Å². The molecule has 0 aliphatic rings. The smallest absolute Gasteiger partial charge is 0.171 e. The monoisotopic (exact) mass is 425 g/mol. The Bertz CT molecular complexity index is 1220. The number of anilines is 1. The van der Waals surface area contributed by atoms with Crippen LogP contribution in [0.1, 0.15) is 19.7 Å². The van der Waals surface area contributed by atoms with Crippen molar-refractivity contribution in [3.8, 4) is 17.1 Å². The van der Waals surface area contributed by atoms with Crippen molar-refractivity contribution in [1.82, 2.24) is 19.5 Å². The second kappa shape index (κ2) is 8.22. The number of halogens is 2. The zero-order valence-corrected chi connectivity index (χ0v) is 17.3. The van der Waals surface area contributed by atoms with E-state index in [2.05, 4.69) is 15.0 Å². The highest BCUT2D eigenvalue weighted by atomic mass is 35.5. The normalized spacial score (nSPS) is 11.7. The van der Waals surface area contributed by atoms with E-state index in [0.717, 1.165) is 5.69 Å². The second-order valence-electron chi connectivity index (χ2n) is 7.24. The van der Waals surface area contributed by atoms with E-state index in [4.69, 9.17) is 5.73 Å². The van der Waals surface area contributed by atoms with Crippen LogP contribution in [0.15, 0.2) is 60.7 Å². The molecule has 8 heteroatoms. The number of nitrogens with zero attached hydrogens (tertiary/aromatic N) is 4. The Hall–Kier alpha value is -3.29.